The molecule has 1 heterocycles. The molecule has 0 saturated heterocycles. The number of pyridine rings is 1. The molecule has 1 aromatic heterocycles. The maximum Gasteiger partial charge on any atom is 0.209 e. The lowest BCUT2D eigenvalue weighted by atomic mass is 9.83. The fourth-order valence-corrected chi connectivity index (χ4v) is 6.15. The third-order valence-electron chi connectivity index (χ3n) is 4.82. The summed E-state index contributed by atoms with van der Waals surface area (Å²) in [5.41, 5.74) is -0.0537. The Morgan fingerprint density at radius 1 is 1.09 bits per heavy atom. The molecule has 0 aliphatic heterocycles. The van der Waals surface area contributed by atoms with Crippen molar-refractivity contribution in [2.75, 3.05) is 6.26 Å². The molecule has 3 rings (SSSR count). The number of hydrogen-bond acceptors (Lipinski definition) is 5. The van der Waals surface area contributed by atoms with Gasteiger partial charge in [-0.2, -0.15) is 0 Å². The molecule has 0 fully saturated rings. The number of fused-ring (bicyclic) bond motifs is 1. The van der Waals surface area contributed by atoms with Crippen molar-refractivity contribution >= 4 is 44.1 Å². The second-order valence-corrected chi connectivity index (χ2v) is 12.7. The van der Waals surface area contributed by atoms with Crippen LogP contribution in [0.5, 0.6) is 5.75 Å². The van der Waals surface area contributed by atoms with Crippen molar-refractivity contribution in [3.8, 4) is 5.75 Å². The number of thioether (sulfide) groups is 1. The fourth-order valence-electron chi connectivity index (χ4n) is 3.90. The number of aromatic nitrogens is 1. The van der Waals surface area contributed by atoms with Crippen LogP contribution in [0.3, 0.4) is 0 Å². The third kappa shape index (κ3) is 5.38. The molecule has 0 unspecified atom stereocenters. The van der Waals surface area contributed by atoms with Gasteiger partial charge in [0, 0.05) is 16.5 Å². The lowest BCUT2D eigenvalue weighted by Crippen LogP contribution is -2.33. The minimum Gasteiger partial charge on any atom is -0.485 e. The predicted molar refractivity (Wildman–Crippen MR) is 129 cm³/mol. The Hall–Kier alpha value is -1.83. The largest absolute Gasteiger partial charge is 0.485 e. The predicted octanol–water partition coefficient (Wildman–Crippen LogP) is 7.18. The van der Waals surface area contributed by atoms with E-state index in [1.807, 2.05) is 26.2 Å². The molecule has 0 atom stereocenters. The number of ether oxygens (including phenoxy) is 1. The summed E-state index contributed by atoms with van der Waals surface area (Å²) in [5.74, 6) is -0.742. The van der Waals surface area contributed by atoms with Gasteiger partial charge in [0.1, 0.15) is 10.5 Å². The minimum absolute atomic E-state index is 0.00514. The van der Waals surface area contributed by atoms with Crippen molar-refractivity contribution in [3.05, 3.63) is 53.4 Å². The maximum atomic E-state index is 14.9. The monoisotopic (exact) mass is 495 g/mol. The average molecular weight is 496 g/mol. The lowest BCUT2D eigenvalue weighted by Gasteiger charge is -2.33. The topological polar surface area (TPSA) is 56.3 Å². The van der Waals surface area contributed by atoms with Gasteiger partial charge in [-0.05, 0) is 68.3 Å². The van der Waals surface area contributed by atoms with Crippen LogP contribution in [0.15, 0.2) is 57.3 Å². The van der Waals surface area contributed by atoms with Crippen LogP contribution in [0.4, 0.5) is 4.39 Å². The minimum atomic E-state index is -4.09. The average Bonchev–Trinajstić information content (AvgIpc) is 2.67. The summed E-state index contributed by atoms with van der Waals surface area (Å²) in [4.78, 5) is 4.80. The van der Waals surface area contributed by atoms with Crippen LogP contribution < -0.4 is 4.74 Å². The first-order valence-corrected chi connectivity index (χ1v) is 13.2. The number of nitrogens with zero attached hydrogens (tertiary/aromatic N) is 1. The van der Waals surface area contributed by atoms with Crippen molar-refractivity contribution in [2.45, 2.75) is 61.3 Å². The van der Waals surface area contributed by atoms with E-state index in [0.717, 1.165) is 11.0 Å². The molecular weight excluding hydrogens is 469 g/mol. The van der Waals surface area contributed by atoms with Crippen molar-refractivity contribution in [1.82, 2.24) is 4.98 Å². The molecular formula is C24H27ClFNO3S2. The fraction of sp³-hybridized carbons (Fsp3) is 0.375. The summed E-state index contributed by atoms with van der Waals surface area (Å²) in [6.07, 6.45) is 3.82. The zero-order valence-electron chi connectivity index (χ0n) is 19.0. The first kappa shape index (κ1) is 24.8. The van der Waals surface area contributed by atoms with E-state index in [1.165, 1.54) is 30.1 Å². The van der Waals surface area contributed by atoms with Crippen LogP contribution in [0.1, 0.15) is 41.0 Å². The third-order valence-corrected chi connectivity index (χ3v) is 7.83. The van der Waals surface area contributed by atoms with E-state index in [4.69, 9.17) is 16.3 Å². The molecule has 0 amide bonds. The SMILES string of the molecule is CSc1ccc2ncc(S(=O)(=O)c3ccc(OC(C)(C)CC(C)(C)C)c(F)c3)c(Cl)c2c1. The van der Waals surface area contributed by atoms with Gasteiger partial charge in [0.15, 0.2) is 11.6 Å². The molecule has 0 radical (unpaired) electrons. The smallest absolute Gasteiger partial charge is 0.209 e. The summed E-state index contributed by atoms with van der Waals surface area (Å²) >= 11 is 7.99. The Morgan fingerprint density at radius 2 is 1.78 bits per heavy atom. The van der Waals surface area contributed by atoms with Crippen molar-refractivity contribution < 1.29 is 17.5 Å². The molecule has 8 heteroatoms. The molecule has 0 spiro atoms. The van der Waals surface area contributed by atoms with E-state index in [9.17, 15) is 12.8 Å². The van der Waals surface area contributed by atoms with Gasteiger partial charge in [-0.1, -0.05) is 32.4 Å². The van der Waals surface area contributed by atoms with Crippen molar-refractivity contribution in [2.24, 2.45) is 5.41 Å². The van der Waals surface area contributed by atoms with E-state index in [2.05, 4.69) is 25.8 Å². The molecule has 0 N–H and O–H groups in total. The Balaban J connectivity index is 1.99. The number of hydrogen-bond donors (Lipinski definition) is 0. The van der Waals surface area contributed by atoms with Crippen LogP contribution in [0, 0.1) is 11.2 Å². The van der Waals surface area contributed by atoms with Crippen LogP contribution in [0.25, 0.3) is 10.9 Å². The Bertz CT molecular complexity index is 1270. The van der Waals surface area contributed by atoms with E-state index in [-0.39, 0.29) is 26.0 Å². The van der Waals surface area contributed by atoms with Gasteiger partial charge in [0.05, 0.1) is 15.4 Å². The first-order chi connectivity index (χ1) is 14.7. The lowest BCUT2D eigenvalue weighted by molar-refractivity contribution is 0.0580. The summed E-state index contributed by atoms with van der Waals surface area (Å²) in [6, 6.07) is 9.12. The highest BCUT2D eigenvalue weighted by Gasteiger charge is 2.29. The van der Waals surface area contributed by atoms with Gasteiger partial charge in [-0.3, -0.25) is 4.98 Å². The number of benzene rings is 2. The van der Waals surface area contributed by atoms with E-state index in [0.29, 0.717) is 17.3 Å². The van der Waals surface area contributed by atoms with Crippen LogP contribution in [0.2, 0.25) is 5.02 Å². The van der Waals surface area contributed by atoms with Crippen LogP contribution in [-0.2, 0) is 9.84 Å². The van der Waals surface area contributed by atoms with Gasteiger partial charge >= 0.3 is 0 Å². The molecule has 0 bridgehead atoms. The van der Waals surface area contributed by atoms with E-state index < -0.39 is 21.3 Å². The zero-order chi connectivity index (χ0) is 23.9. The number of sulfone groups is 1. The normalized spacial score (nSPS) is 12.9. The summed E-state index contributed by atoms with van der Waals surface area (Å²) in [5, 5.41) is 0.599. The molecule has 0 aliphatic rings. The highest BCUT2D eigenvalue weighted by Crippen LogP contribution is 2.36. The zero-order valence-corrected chi connectivity index (χ0v) is 21.4. The highest BCUT2D eigenvalue weighted by atomic mass is 35.5. The summed E-state index contributed by atoms with van der Waals surface area (Å²) in [6.45, 7) is 9.99. The Labute approximate surface area is 198 Å². The second kappa shape index (κ2) is 8.84. The van der Waals surface area contributed by atoms with Gasteiger partial charge < -0.3 is 4.74 Å². The summed E-state index contributed by atoms with van der Waals surface area (Å²) in [7, 11) is -4.09. The Kier molecular flexibility index (Phi) is 6.85. The Morgan fingerprint density at radius 3 is 2.38 bits per heavy atom. The van der Waals surface area contributed by atoms with E-state index >= 15 is 0 Å². The molecule has 2 aromatic carbocycles. The molecule has 4 nitrogen and oxygen atoms in total. The van der Waals surface area contributed by atoms with Crippen LogP contribution >= 0.6 is 23.4 Å². The number of rotatable bonds is 6. The van der Waals surface area contributed by atoms with E-state index in [1.54, 1.807) is 12.1 Å². The maximum absolute atomic E-state index is 14.9. The molecule has 32 heavy (non-hydrogen) atoms. The highest BCUT2D eigenvalue weighted by molar-refractivity contribution is 7.98. The van der Waals surface area contributed by atoms with Gasteiger partial charge in [0.25, 0.3) is 0 Å². The van der Waals surface area contributed by atoms with Crippen molar-refractivity contribution in [3.63, 3.8) is 0 Å². The molecule has 3 aromatic rings. The van der Waals surface area contributed by atoms with Crippen molar-refractivity contribution in [1.29, 1.82) is 0 Å². The first-order valence-electron chi connectivity index (χ1n) is 10.1. The molecule has 0 saturated carbocycles. The molecule has 0 aliphatic carbocycles. The molecule has 172 valence electrons. The van der Waals surface area contributed by atoms with Crippen LogP contribution in [-0.4, -0.2) is 25.3 Å². The van der Waals surface area contributed by atoms with Gasteiger partial charge in [-0.15, -0.1) is 11.8 Å². The van der Waals surface area contributed by atoms with Gasteiger partial charge in [-0.25, -0.2) is 12.8 Å². The summed E-state index contributed by atoms with van der Waals surface area (Å²) < 4.78 is 47.3. The quantitative estimate of drug-likeness (QED) is 0.339. The van der Waals surface area contributed by atoms with Gasteiger partial charge in [0.2, 0.25) is 9.84 Å². The standard InChI is InChI=1S/C24H27ClFNO3S2/c1-23(2,3)14-24(4,5)30-20-10-8-16(12-18(20)26)32(28,29)21-13-27-19-9-7-15(31-6)11-17(19)22(21)25/h7-13H,14H2,1-6H3. The number of halogens is 2. The second-order valence-electron chi connectivity index (χ2n) is 9.51.